The molecule has 0 atom stereocenters. The van der Waals surface area contributed by atoms with Gasteiger partial charge in [-0.15, -0.1) is 0 Å². The minimum Gasteiger partial charge on any atom is -0.496 e. The number of ketones is 1. The Hall–Kier alpha value is -2.79. The summed E-state index contributed by atoms with van der Waals surface area (Å²) in [6.07, 6.45) is 0. The molecule has 0 saturated carbocycles. The average Bonchev–Trinajstić information content (AvgIpc) is 2.89. The molecular formula is C19H16ClNO4. The van der Waals surface area contributed by atoms with Crippen LogP contribution in [0.15, 0.2) is 36.4 Å². The SMILES string of the molecule is COc1ccc2[nH]c(C)c(OC(C)=O)c2c1C(=O)c1ccc(Cl)cc1. The summed E-state index contributed by atoms with van der Waals surface area (Å²) in [5.41, 5.74) is 2.14. The van der Waals surface area contributed by atoms with Crippen LogP contribution < -0.4 is 9.47 Å². The van der Waals surface area contributed by atoms with E-state index >= 15 is 0 Å². The summed E-state index contributed by atoms with van der Waals surface area (Å²) in [7, 11) is 1.49. The van der Waals surface area contributed by atoms with Crippen LogP contribution in [0.4, 0.5) is 0 Å². The summed E-state index contributed by atoms with van der Waals surface area (Å²) in [6.45, 7) is 3.10. The zero-order chi connectivity index (χ0) is 18.1. The summed E-state index contributed by atoms with van der Waals surface area (Å²) in [4.78, 5) is 27.7. The highest BCUT2D eigenvalue weighted by Crippen LogP contribution is 2.38. The van der Waals surface area contributed by atoms with Crippen LogP contribution in [0.5, 0.6) is 11.5 Å². The van der Waals surface area contributed by atoms with Crippen molar-refractivity contribution in [2.75, 3.05) is 7.11 Å². The third-order valence-corrected chi connectivity index (χ3v) is 4.11. The molecule has 0 saturated heterocycles. The number of carbonyl (C=O) groups is 2. The number of ether oxygens (including phenoxy) is 2. The normalized spacial score (nSPS) is 10.7. The van der Waals surface area contributed by atoms with Gasteiger partial charge in [-0.25, -0.2) is 0 Å². The van der Waals surface area contributed by atoms with Crippen molar-refractivity contribution in [3.05, 3.63) is 58.2 Å². The first-order chi connectivity index (χ1) is 11.9. The number of aromatic nitrogens is 1. The van der Waals surface area contributed by atoms with Crippen LogP contribution >= 0.6 is 11.6 Å². The molecule has 0 unspecified atom stereocenters. The largest absolute Gasteiger partial charge is 0.496 e. The summed E-state index contributed by atoms with van der Waals surface area (Å²) in [6, 6.07) is 10.1. The number of aromatic amines is 1. The van der Waals surface area contributed by atoms with Gasteiger partial charge in [0.1, 0.15) is 5.75 Å². The van der Waals surface area contributed by atoms with Gasteiger partial charge in [-0.3, -0.25) is 9.59 Å². The second-order valence-corrected chi connectivity index (χ2v) is 6.01. The highest BCUT2D eigenvalue weighted by atomic mass is 35.5. The lowest BCUT2D eigenvalue weighted by atomic mass is 9.98. The lowest BCUT2D eigenvalue weighted by Gasteiger charge is -2.11. The summed E-state index contributed by atoms with van der Waals surface area (Å²) < 4.78 is 10.7. The Morgan fingerprint density at radius 1 is 1.08 bits per heavy atom. The molecule has 1 heterocycles. The van der Waals surface area contributed by atoms with Crippen LogP contribution in [-0.2, 0) is 4.79 Å². The van der Waals surface area contributed by atoms with Crippen molar-refractivity contribution < 1.29 is 19.1 Å². The molecule has 3 rings (SSSR count). The van der Waals surface area contributed by atoms with E-state index in [1.807, 2.05) is 0 Å². The number of hydrogen-bond donors (Lipinski definition) is 1. The van der Waals surface area contributed by atoms with Gasteiger partial charge in [0.05, 0.1) is 29.3 Å². The Bertz CT molecular complexity index is 973. The summed E-state index contributed by atoms with van der Waals surface area (Å²) in [5.74, 6) is 0.0294. The molecule has 3 aromatic rings. The molecule has 128 valence electrons. The van der Waals surface area contributed by atoms with Crippen molar-refractivity contribution >= 4 is 34.3 Å². The van der Waals surface area contributed by atoms with E-state index in [9.17, 15) is 9.59 Å². The molecule has 0 aliphatic rings. The highest BCUT2D eigenvalue weighted by molar-refractivity contribution is 6.30. The lowest BCUT2D eigenvalue weighted by Crippen LogP contribution is -2.07. The standard InChI is InChI=1S/C19H16ClNO4/c1-10-19(25-11(2)22)16-14(21-10)8-9-15(24-3)17(16)18(23)12-4-6-13(20)7-5-12/h4-9,21H,1-3H3. The van der Waals surface area contributed by atoms with Crippen molar-refractivity contribution in [1.82, 2.24) is 4.98 Å². The Kier molecular flexibility index (Phi) is 4.51. The molecule has 0 fully saturated rings. The van der Waals surface area contributed by atoms with E-state index < -0.39 is 5.97 Å². The first kappa shape index (κ1) is 17.0. The van der Waals surface area contributed by atoms with Crippen LogP contribution in [0.3, 0.4) is 0 Å². The van der Waals surface area contributed by atoms with Crippen LogP contribution in [-0.4, -0.2) is 23.8 Å². The number of methoxy groups -OCH3 is 1. The van der Waals surface area contributed by atoms with Crippen molar-refractivity contribution in [3.63, 3.8) is 0 Å². The van der Waals surface area contributed by atoms with Gasteiger partial charge in [0.15, 0.2) is 11.5 Å². The quantitative estimate of drug-likeness (QED) is 0.558. The fourth-order valence-corrected chi connectivity index (χ4v) is 2.91. The van der Waals surface area contributed by atoms with Crippen LogP contribution in [0.1, 0.15) is 28.5 Å². The van der Waals surface area contributed by atoms with E-state index in [-0.39, 0.29) is 5.78 Å². The lowest BCUT2D eigenvalue weighted by molar-refractivity contribution is -0.131. The number of carbonyl (C=O) groups excluding carboxylic acids is 2. The number of hydrogen-bond acceptors (Lipinski definition) is 4. The third-order valence-electron chi connectivity index (χ3n) is 3.86. The van der Waals surface area contributed by atoms with Crippen molar-refractivity contribution in [1.29, 1.82) is 0 Å². The first-order valence-corrected chi connectivity index (χ1v) is 7.98. The van der Waals surface area contributed by atoms with Gasteiger partial charge < -0.3 is 14.5 Å². The van der Waals surface area contributed by atoms with Gasteiger partial charge in [0, 0.05) is 17.5 Å². The Morgan fingerprint density at radius 2 is 1.76 bits per heavy atom. The van der Waals surface area contributed by atoms with Crippen molar-refractivity contribution in [2.24, 2.45) is 0 Å². The molecular weight excluding hydrogens is 342 g/mol. The fraction of sp³-hybridized carbons (Fsp3) is 0.158. The average molecular weight is 358 g/mol. The van der Waals surface area contributed by atoms with Gasteiger partial charge >= 0.3 is 5.97 Å². The maximum Gasteiger partial charge on any atom is 0.308 e. The molecule has 1 N–H and O–H groups in total. The second-order valence-electron chi connectivity index (χ2n) is 5.57. The number of rotatable bonds is 4. The maximum atomic E-state index is 13.1. The number of halogens is 1. The Morgan fingerprint density at radius 3 is 2.36 bits per heavy atom. The zero-order valence-electron chi connectivity index (χ0n) is 14.0. The molecule has 1 aromatic heterocycles. The number of esters is 1. The smallest absolute Gasteiger partial charge is 0.308 e. The van der Waals surface area contributed by atoms with Gasteiger partial charge in [0.25, 0.3) is 0 Å². The van der Waals surface area contributed by atoms with E-state index in [0.717, 1.165) is 0 Å². The maximum absolute atomic E-state index is 13.1. The van der Waals surface area contributed by atoms with E-state index in [1.54, 1.807) is 43.3 Å². The molecule has 0 radical (unpaired) electrons. The molecule has 0 spiro atoms. The second kappa shape index (κ2) is 6.61. The van der Waals surface area contributed by atoms with Crippen LogP contribution in [0.2, 0.25) is 5.02 Å². The van der Waals surface area contributed by atoms with E-state index in [4.69, 9.17) is 21.1 Å². The van der Waals surface area contributed by atoms with Crippen molar-refractivity contribution in [2.45, 2.75) is 13.8 Å². The monoisotopic (exact) mass is 357 g/mol. The molecule has 0 aliphatic carbocycles. The number of aryl methyl sites for hydroxylation is 1. The topological polar surface area (TPSA) is 68.4 Å². The molecule has 0 bridgehead atoms. The molecule has 5 nitrogen and oxygen atoms in total. The minimum absolute atomic E-state index is 0.244. The van der Waals surface area contributed by atoms with E-state index in [1.165, 1.54) is 14.0 Å². The van der Waals surface area contributed by atoms with E-state index in [2.05, 4.69) is 4.98 Å². The van der Waals surface area contributed by atoms with Gasteiger partial charge in [0.2, 0.25) is 0 Å². The van der Waals surface area contributed by atoms with Gasteiger partial charge in [-0.05, 0) is 43.3 Å². The zero-order valence-corrected chi connectivity index (χ0v) is 14.7. The van der Waals surface area contributed by atoms with Crippen LogP contribution in [0.25, 0.3) is 10.9 Å². The minimum atomic E-state index is -0.461. The first-order valence-electron chi connectivity index (χ1n) is 7.60. The molecule has 0 aliphatic heterocycles. The number of H-pyrrole nitrogens is 1. The highest BCUT2D eigenvalue weighted by Gasteiger charge is 2.24. The predicted molar refractivity (Wildman–Crippen MR) is 95.8 cm³/mol. The Labute approximate surface area is 149 Å². The molecule has 25 heavy (non-hydrogen) atoms. The van der Waals surface area contributed by atoms with Crippen molar-refractivity contribution in [3.8, 4) is 11.5 Å². The number of nitrogens with one attached hydrogen (secondary N) is 1. The van der Waals surface area contributed by atoms with Gasteiger partial charge in [-0.2, -0.15) is 0 Å². The molecule has 6 heteroatoms. The summed E-state index contributed by atoms with van der Waals surface area (Å²) >= 11 is 5.90. The molecule has 2 aromatic carbocycles. The van der Waals surface area contributed by atoms with Crippen LogP contribution in [0, 0.1) is 6.92 Å². The van der Waals surface area contributed by atoms with E-state index in [0.29, 0.717) is 44.2 Å². The van der Waals surface area contributed by atoms with Gasteiger partial charge in [-0.1, -0.05) is 11.6 Å². The summed E-state index contributed by atoms with van der Waals surface area (Å²) in [5, 5.41) is 1.06. The number of benzene rings is 2. The number of fused-ring (bicyclic) bond motifs is 1. The fourth-order valence-electron chi connectivity index (χ4n) is 2.78. The Balaban J connectivity index is 2.29. The molecule has 0 amide bonds. The predicted octanol–water partition coefficient (Wildman–Crippen LogP) is 4.29. The third kappa shape index (κ3) is 3.10.